The Morgan fingerprint density at radius 1 is 1.43 bits per heavy atom. The number of carbonyl (C=O) groups excluding carboxylic acids is 1. The average molecular weight is 349 g/mol. The number of benzene rings is 1. The summed E-state index contributed by atoms with van der Waals surface area (Å²) in [4.78, 5) is 11.5. The molecule has 1 unspecified atom stereocenters. The van der Waals surface area contributed by atoms with E-state index in [4.69, 9.17) is 20.0 Å². The summed E-state index contributed by atoms with van der Waals surface area (Å²) in [7, 11) is 0. The Hall–Kier alpha value is -2.31. The van der Waals surface area contributed by atoms with Crippen molar-refractivity contribution in [3.8, 4) is 17.9 Å². The van der Waals surface area contributed by atoms with E-state index in [1.54, 1.807) is 44.2 Å². The molecule has 0 saturated carbocycles. The minimum Gasteiger partial charge on any atom is -0.478 e. The van der Waals surface area contributed by atoms with Gasteiger partial charge < -0.3 is 9.47 Å². The fourth-order valence-electron chi connectivity index (χ4n) is 1.46. The number of rotatable bonds is 5. The molecule has 1 rings (SSSR count). The highest BCUT2D eigenvalue weighted by Crippen LogP contribution is 2.28. The van der Waals surface area contributed by atoms with E-state index in [0.29, 0.717) is 22.4 Å². The van der Waals surface area contributed by atoms with Crippen molar-refractivity contribution < 1.29 is 14.3 Å². The van der Waals surface area contributed by atoms with Crippen molar-refractivity contribution in [1.29, 1.82) is 10.5 Å². The highest BCUT2D eigenvalue weighted by Gasteiger charge is 2.17. The number of allylic oxidation sites excluding steroid dienone is 1. The van der Waals surface area contributed by atoms with Crippen LogP contribution in [0, 0.1) is 22.7 Å². The summed E-state index contributed by atoms with van der Waals surface area (Å²) in [6, 6.07) is 8.61. The lowest BCUT2D eigenvalue weighted by atomic mass is 10.1. The smallest absolute Gasteiger partial charge is 0.347 e. The molecule has 0 spiro atoms. The highest BCUT2D eigenvalue weighted by atomic mass is 79.9. The monoisotopic (exact) mass is 348 g/mol. The first-order valence-electron chi connectivity index (χ1n) is 6.16. The minimum absolute atomic E-state index is 0.00969. The van der Waals surface area contributed by atoms with E-state index in [0.717, 1.165) is 0 Å². The van der Waals surface area contributed by atoms with Gasteiger partial charge in [0.1, 0.15) is 23.5 Å². The van der Waals surface area contributed by atoms with Crippen LogP contribution in [0.15, 0.2) is 28.2 Å². The molecule has 0 bridgehead atoms. The van der Waals surface area contributed by atoms with E-state index < -0.39 is 12.1 Å². The van der Waals surface area contributed by atoms with Crippen LogP contribution < -0.4 is 4.74 Å². The predicted octanol–water partition coefficient (Wildman–Crippen LogP) is 3.21. The third-order valence-electron chi connectivity index (χ3n) is 2.43. The molecule has 1 aromatic rings. The molecule has 0 aliphatic carbocycles. The summed E-state index contributed by atoms with van der Waals surface area (Å²) >= 11 is 3.33. The Balaban J connectivity index is 2.90. The van der Waals surface area contributed by atoms with Crippen LogP contribution in [-0.4, -0.2) is 18.7 Å². The van der Waals surface area contributed by atoms with E-state index in [1.165, 1.54) is 6.08 Å². The Labute approximate surface area is 131 Å². The van der Waals surface area contributed by atoms with Gasteiger partial charge in [-0.2, -0.15) is 10.5 Å². The number of ether oxygens (including phenoxy) is 2. The summed E-state index contributed by atoms with van der Waals surface area (Å²) in [5.41, 5.74) is 0.687. The Kier molecular flexibility index (Phi) is 6.45. The van der Waals surface area contributed by atoms with Crippen LogP contribution in [0.25, 0.3) is 6.08 Å². The second kappa shape index (κ2) is 8.08. The molecule has 6 heteroatoms. The van der Waals surface area contributed by atoms with Crippen LogP contribution in [0.2, 0.25) is 0 Å². The first-order valence-corrected chi connectivity index (χ1v) is 6.95. The van der Waals surface area contributed by atoms with Gasteiger partial charge in [0.05, 0.1) is 11.1 Å². The summed E-state index contributed by atoms with van der Waals surface area (Å²) in [6.07, 6.45) is 0.736. The van der Waals surface area contributed by atoms with Gasteiger partial charge in [0.2, 0.25) is 0 Å². The molecule has 21 heavy (non-hydrogen) atoms. The van der Waals surface area contributed by atoms with Crippen molar-refractivity contribution in [2.45, 2.75) is 20.0 Å². The second-order valence-corrected chi connectivity index (χ2v) is 4.84. The molecule has 0 fully saturated rings. The number of halogens is 1. The van der Waals surface area contributed by atoms with Gasteiger partial charge in [0.25, 0.3) is 0 Å². The zero-order valence-electron chi connectivity index (χ0n) is 11.6. The molecular formula is C15H13BrN2O3. The van der Waals surface area contributed by atoms with Crippen LogP contribution in [0.1, 0.15) is 19.4 Å². The molecule has 0 aliphatic heterocycles. The average Bonchev–Trinajstić information content (AvgIpc) is 2.47. The molecule has 5 nitrogen and oxygen atoms in total. The van der Waals surface area contributed by atoms with E-state index >= 15 is 0 Å². The van der Waals surface area contributed by atoms with Crippen molar-refractivity contribution in [3.05, 3.63) is 33.8 Å². The van der Waals surface area contributed by atoms with Gasteiger partial charge >= 0.3 is 5.97 Å². The van der Waals surface area contributed by atoms with Crippen molar-refractivity contribution in [3.63, 3.8) is 0 Å². The molecule has 0 radical (unpaired) electrons. The second-order valence-electron chi connectivity index (χ2n) is 3.98. The van der Waals surface area contributed by atoms with E-state index in [2.05, 4.69) is 15.9 Å². The van der Waals surface area contributed by atoms with E-state index in [-0.39, 0.29) is 5.57 Å². The maximum Gasteiger partial charge on any atom is 0.347 e. The Morgan fingerprint density at radius 3 is 2.62 bits per heavy atom. The largest absolute Gasteiger partial charge is 0.478 e. The normalized spacial score (nSPS) is 10.7. The van der Waals surface area contributed by atoms with E-state index in [1.807, 2.05) is 0 Å². The van der Waals surface area contributed by atoms with Gasteiger partial charge in [-0.3, -0.25) is 0 Å². The standard InChI is InChI=1S/C15H13BrN2O3/c1-3-20-15(19)10(2)21-14-5-4-11(7-13(14)16)6-12(8-17)9-18/h4-7,10H,3H2,1-2H3. The maximum atomic E-state index is 11.5. The quantitative estimate of drug-likeness (QED) is 0.602. The molecule has 0 aliphatic rings. The van der Waals surface area contributed by atoms with Gasteiger partial charge in [-0.1, -0.05) is 6.07 Å². The molecule has 0 heterocycles. The van der Waals surface area contributed by atoms with Crippen LogP contribution in [-0.2, 0) is 9.53 Å². The third-order valence-corrected chi connectivity index (χ3v) is 3.05. The van der Waals surface area contributed by atoms with E-state index in [9.17, 15) is 4.79 Å². The maximum absolute atomic E-state index is 11.5. The van der Waals surface area contributed by atoms with Crippen molar-refractivity contribution in [2.24, 2.45) is 0 Å². The molecule has 0 N–H and O–H groups in total. The first kappa shape index (κ1) is 16.7. The summed E-state index contributed by atoms with van der Waals surface area (Å²) in [5.74, 6) is 0.0350. The number of carbonyl (C=O) groups is 1. The summed E-state index contributed by atoms with van der Waals surface area (Å²) in [5, 5.41) is 17.4. The van der Waals surface area contributed by atoms with Gasteiger partial charge in [-0.25, -0.2) is 4.79 Å². The van der Waals surface area contributed by atoms with Gasteiger partial charge in [-0.15, -0.1) is 0 Å². The molecule has 108 valence electrons. The Bertz CT molecular complexity index is 625. The lowest BCUT2D eigenvalue weighted by molar-refractivity contribution is -0.150. The zero-order chi connectivity index (χ0) is 15.8. The van der Waals surface area contributed by atoms with Crippen molar-refractivity contribution >= 4 is 28.0 Å². The van der Waals surface area contributed by atoms with Crippen LogP contribution >= 0.6 is 15.9 Å². The van der Waals surface area contributed by atoms with Gasteiger partial charge in [-0.05, 0) is 53.5 Å². The number of hydrogen-bond donors (Lipinski definition) is 0. The SMILES string of the molecule is CCOC(=O)C(C)Oc1ccc(C=C(C#N)C#N)cc1Br. The number of nitriles is 2. The van der Waals surface area contributed by atoms with Crippen LogP contribution in [0.3, 0.4) is 0 Å². The molecule has 0 aromatic heterocycles. The summed E-state index contributed by atoms with van der Waals surface area (Å²) < 4.78 is 11.0. The number of hydrogen-bond acceptors (Lipinski definition) is 5. The van der Waals surface area contributed by atoms with Crippen molar-refractivity contribution in [2.75, 3.05) is 6.61 Å². The lowest BCUT2D eigenvalue weighted by Crippen LogP contribution is -2.26. The molecule has 1 atom stereocenters. The van der Waals surface area contributed by atoms with Gasteiger partial charge in [0.15, 0.2) is 6.10 Å². The van der Waals surface area contributed by atoms with Gasteiger partial charge in [0, 0.05) is 0 Å². The fraction of sp³-hybridized carbons (Fsp3) is 0.267. The minimum atomic E-state index is -0.726. The molecular weight excluding hydrogens is 336 g/mol. The lowest BCUT2D eigenvalue weighted by Gasteiger charge is -2.14. The highest BCUT2D eigenvalue weighted by molar-refractivity contribution is 9.10. The molecule has 0 saturated heterocycles. The molecule has 0 amide bonds. The third kappa shape index (κ3) is 4.94. The number of nitrogens with zero attached hydrogens (tertiary/aromatic N) is 2. The fourth-order valence-corrected chi connectivity index (χ4v) is 1.95. The Morgan fingerprint density at radius 2 is 2.10 bits per heavy atom. The van der Waals surface area contributed by atoms with Crippen LogP contribution in [0.4, 0.5) is 0 Å². The number of esters is 1. The van der Waals surface area contributed by atoms with Crippen molar-refractivity contribution in [1.82, 2.24) is 0 Å². The van der Waals surface area contributed by atoms with Crippen LogP contribution in [0.5, 0.6) is 5.75 Å². The predicted molar refractivity (Wildman–Crippen MR) is 80.1 cm³/mol. The first-order chi connectivity index (χ1) is 10.0. The molecule has 1 aromatic carbocycles. The summed E-state index contributed by atoms with van der Waals surface area (Å²) in [6.45, 7) is 3.62. The zero-order valence-corrected chi connectivity index (χ0v) is 13.2. The topological polar surface area (TPSA) is 83.1 Å².